The maximum atomic E-state index is 13.3. The van der Waals surface area contributed by atoms with Gasteiger partial charge in [0.2, 0.25) is 0 Å². The summed E-state index contributed by atoms with van der Waals surface area (Å²) in [5.41, 5.74) is 3.46. The van der Waals surface area contributed by atoms with Crippen LogP contribution in [-0.2, 0) is 0 Å². The van der Waals surface area contributed by atoms with Gasteiger partial charge in [-0.2, -0.15) is 5.10 Å². The molecule has 2 rings (SSSR count). The average molecular weight is 331 g/mol. The van der Waals surface area contributed by atoms with Gasteiger partial charge in [0, 0.05) is 6.07 Å². The molecule has 0 aliphatic heterocycles. The maximum Gasteiger partial charge on any atom is 0.151 e. The zero-order chi connectivity index (χ0) is 13.1. The van der Waals surface area contributed by atoms with E-state index in [2.05, 4.69) is 26.5 Å². The first-order valence-corrected chi connectivity index (χ1v) is 6.68. The Bertz CT molecular complexity index is 596. The number of hydrazone groups is 1. The lowest BCUT2D eigenvalue weighted by Gasteiger charge is -2.03. The van der Waals surface area contributed by atoms with E-state index in [1.54, 1.807) is 0 Å². The molecule has 0 bridgehead atoms. The number of rotatable bonds is 3. The Morgan fingerprint density at radius 1 is 1.28 bits per heavy atom. The molecule has 18 heavy (non-hydrogen) atoms. The van der Waals surface area contributed by atoms with Gasteiger partial charge in [-0.25, -0.2) is 8.78 Å². The highest BCUT2D eigenvalue weighted by Gasteiger charge is 2.04. The Morgan fingerprint density at radius 2 is 2.06 bits per heavy atom. The summed E-state index contributed by atoms with van der Waals surface area (Å²) in [5.74, 6) is -1.28. The number of nitrogens with one attached hydrogen (secondary N) is 1. The van der Waals surface area contributed by atoms with Crippen molar-refractivity contribution in [3.8, 4) is 0 Å². The minimum atomic E-state index is -0.668. The summed E-state index contributed by atoms with van der Waals surface area (Å²) in [6.45, 7) is 1.81. The van der Waals surface area contributed by atoms with Crippen LogP contribution in [-0.4, -0.2) is 5.71 Å². The van der Waals surface area contributed by atoms with E-state index < -0.39 is 11.6 Å². The van der Waals surface area contributed by atoms with Crippen molar-refractivity contribution in [1.82, 2.24) is 0 Å². The number of hydrogen-bond acceptors (Lipinski definition) is 3. The predicted octanol–water partition coefficient (Wildman–Crippen LogP) is 4.62. The number of hydrogen-bond donors (Lipinski definition) is 1. The molecule has 1 heterocycles. The van der Waals surface area contributed by atoms with E-state index in [0.29, 0.717) is 0 Å². The fraction of sp³-hybridized carbons (Fsp3) is 0.0833. The van der Waals surface area contributed by atoms with Crippen LogP contribution in [0.5, 0.6) is 0 Å². The number of benzene rings is 1. The molecule has 0 aliphatic carbocycles. The van der Waals surface area contributed by atoms with Gasteiger partial charge in [-0.3, -0.25) is 5.43 Å². The fourth-order valence-corrected chi connectivity index (χ4v) is 2.62. The summed E-state index contributed by atoms with van der Waals surface area (Å²) in [4.78, 5) is 0.969. The summed E-state index contributed by atoms with van der Waals surface area (Å²) in [5, 5.41) is 4.06. The van der Waals surface area contributed by atoms with Gasteiger partial charge < -0.3 is 0 Å². The smallest absolute Gasteiger partial charge is 0.151 e. The van der Waals surface area contributed by atoms with Crippen LogP contribution in [0.15, 0.2) is 39.2 Å². The standard InChI is InChI=1S/C12H9BrF2N2S/c1-7(11-4-5-12(13)18-11)16-17-10-3-2-8(14)6-9(10)15/h2-6,17H,1H3. The molecule has 94 valence electrons. The summed E-state index contributed by atoms with van der Waals surface area (Å²) in [6, 6.07) is 7.13. The first-order valence-electron chi connectivity index (χ1n) is 5.07. The molecular weight excluding hydrogens is 322 g/mol. The van der Waals surface area contributed by atoms with Gasteiger partial charge in [0.15, 0.2) is 5.82 Å². The van der Waals surface area contributed by atoms with E-state index in [4.69, 9.17) is 0 Å². The van der Waals surface area contributed by atoms with Crippen LogP contribution < -0.4 is 5.43 Å². The van der Waals surface area contributed by atoms with Gasteiger partial charge in [-0.05, 0) is 47.1 Å². The second kappa shape index (κ2) is 5.58. The lowest BCUT2D eigenvalue weighted by molar-refractivity contribution is 0.585. The summed E-state index contributed by atoms with van der Waals surface area (Å²) in [7, 11) is 0. The third-order valence-corrected chi connectivity index (χ3v) is 3.94. The number of thiophene rings is 1. The van der Waals surface area contributed by atoms with E-state index in [1.807, 2.05) is 19.1 Å². The summed E-state index contributed by atoms with van der Waals surface area (Å²) in [6.07, 6.45) is 0. The van der Waals surface area contributed by atoms with Crippen LogP contribution in [0.3, 0.4) is 0 Å². The molecule has 1 aromatic carbocycles. The number of anilines is 1. The summed E-state index contributed by atoms with van der Waals surface area (Å²) >= 11 is 4.89. The van der Waals surface area contributed by atoms with E-state index >= 15 is 0 Å². The largest absolute Gasteiger partial charge is 0.275 e. The van der Waals surface area contributed by atoms with E-state index in [0.717, 1.165) is 20.4 Å². The minimum absolute atomic E-state index is 0.145. The molecule has 2 nitrogen and oxygen atoms in total. The lowest BCUT2D eigenvalue weighted by Crippen LogP contribution is -1.99. The molecule has 1 aromatic heterocycles. The molecule has 0 saturated heterocycles. The molecule has 0 unspecified atom stereocenters. The molecule has 0 radical (unpaired) electrons. The van der Waals surface area contributed by atoms with Crippen LogP contribution in [0.25, 0.3) is 0 Å². The highest BCUT2D eigenvalue weighted by molar-refractivity contribution is 9.11. The van der Waals surface area contributed by atoms with Gasteiger partial charge in [-0.1, -0.05) is 0 Å². The monoisotopic (exact) mass is 330 g/mol. The number of halogens is 3. The Hall–Kier alpha value is -1.27. The number of nitrogens with zero attached hydrogens (tertiary/aromatic N) is 1. The van der Waals surface area contributed by atoms with Crippen molar-refractivity contribution >= 4 is 38.7 Å². The highest BCUT2D eigenvalue weighted by Crippen LogP contribution is 2.23. The van der Waals surface area contributed by atoms with Crippen LogP contribution in [0, 0.1) is 11.6 Å². The Labute approximate surface area is 115 Å². The molecule has 0 amide bonds. The Morgan fingerprint density at radius 3 is 2.67 bits per heavy atom. The van der Waals surface area contributed by atoms with E-state index in [-0.39, 0.29) is 5.69 Å². The highest BCUT2D eigenvalue weighted by atomic mass is 79.9. The van der Waals surface area contributed by atoms with E-state index in [1.165, 1.54) is 23.5 Å². The predicted molar refractivity (Wildman–Crippen MR) is 74.2 cm³/mol. The van der Waals surface area contributed by atoms with Gasteiger partial charge in [0.1, 0.15) is 5.82 Å². The van der Waals surface area contributed by atoms with Gasteiger partial charge in [-0.15, -0.1) is 11.3 Å². The van der Waals surface area contributed by atoms with Crippen molar-refractivity contribution in [2.45, 2.75) is 6.92 Å². The first kappa shape index (κ1) is 13.2. The fourth-order valence-electron chi connectivity index (χ4n) is 1.29. The van der Waals surface area contributed by atoms with Crippen LogP contribution >= 0.6 is 27.3 Å². The molecule has 6 heteroatoms. The normalized spacial score (nSPS) is 11.7. The molecule has 2 aromatic rings. The van der Waals surface area contributed by atoms with Crippen LogP contribution in [0.2, 0.25) is 0 Å². The second-order valence-corrected chi connectivity index (χ2v) is 6.00. The minimum Gasteiger partial charge on any atom is -0.275 e. The lowest BCUT2D eigenvalue weighted by atomic mass is 10.3. The Balaban J connectivity index is 2.15. The zero-order valence-electron chi connectivity index (χ0n) is 9.38. The SMILES string of the molecule is CC(=NNc1ccc(F)cc1F)c1ccc(Br)s1. The quantitative estimate of drug-likeness (QED) is 0.644. The molecule has 0 saturated carbocycles. The van der Waals surface area contributed by atoms with Crippen molar-refractivity contribution in [3.63, 3.8) is 0 Å². The average Bonchev–Trinajstić information content (AvgIpc) is 2.74. The molecule has 1 N–H and O–H groups in total. The molecule has 0 atom stereocenters. The van der Waals surface area contributed by atoms with Gasteiger partial charge in [0.25, 0.3) is 0 Å². The van der Waals surface area contributed by atoms with Crippen molar-refractivity contribution in [2.75, 3.05) is 5.43 Å². The molecule has 0 spiro atoms. The van der Waals surface area contributed by atoms with Gasteiger partial charge >= 0.3 is 0 Å². The van der Waals surface area contributed by atoms with Crippen LogP contribution in [0.4, 0.5) is 14.5 Å². The van der Waals surface area contributed by atoms with Crippen molar-refractivity contribution in [3.05, 3.63) is 50.6 Å². The third-order valence-electron chi connectivity index (χ3n) is 2.20. The van der Waals surface area contributed by atoms with Crippen molar-refractivity contribution < 1.29 is 8.78 Å². The van der Waals surface area contributed by atoms with Crippen molar-refractivity contribution in [1.29, 1.82) is 0 Å². The third kappa shape index (κ3) is 3.14. The summed E-state index contributed by atoms with van der Waals surface area (Å²) < 4.78 is 27.0. The maximum absolute atomic E-state index is 13.3. The topological polar surface area (TPSA) is 24.4 Å². The van der Waals surface area contributed by atoms with Gasteiger partial charge in [0.05, 0.1) is 20.1 Å². The van der Waals surface area contributed by atoms with E-state index in [9.17, 15) is 8.78 Å². The molecule has 0 aliphatic rings. The van der Waals surface area contributed by atoms with Crippen LogP contribution in [0.1, 0.15) is 11.8 Å². The zero-order valence-corrected chi connectivity index (χ0v) is 11.8. The molecule has 0 fully saturated rings. The Kier molecular flexibility index (Phi) is 4.08. The second-order valence-electron chi connectivity index (χ2n) is 3.54. The van der Waals surface area contributed by atoms with Crippen molar-refractivity contribution in [2.24, 2.45) is 5.10 Å². The first-order chi connectivity index (χ1) is 8.56. The molecular formula is C12H9BrF2N2S.